The normalized spacial score (nSPS) is 16.3. The smallest absolute Gasteiger partial charge is 0.228 e. The molecule has 0 spiro atoms. The van der Waals surface area contributed by atoms with Gasteiger partial charge in [0, 0.05) is 36.1 Å². The molecular formula is C26H28N4OS. The summed E-state index contributed by atoms with van der Waals surface area (Å²) < 4.78 is 0. The fraction of sp³-hybridized carbons (Fsp3) is 0.346. The van der Waals surface area contributed by atoms with E-state index in [1.54, 1.807) is 11.3 Å². The highest BCUT2D eigenvalue weighted by molar-refractivity contribution is 7.10. The Balaban J connectivity index is 1.59. The Morgan fingerprint density at radius 3 is 2.62 bits per heavy atom. The van der Waals surface area contributed by atoms with Crippen molar-refractivity contribution in [3.05, 3.63) is 70.0 Å². The number of hydrogen-bond acceptors (Lipinski definition) is 5. The minimum atomic E-state index is 0.0563. The lowest BCUT2D eigenvalue weighted by Gasteiger charge is -2.41. The number of hydrogen-bond donors (Lipinski definition) is 0. The average molecular weight is 445 g/mol. The topological polar surface area (TPSA) is 60.2 Å². The summed E-state index contributed by atoms with van der Waals surface area (Å²) in [5.74, 6) is 1.12. The lowest BCUT2D eigenvalue weighted by atomic mass is 9.96. The quantitative estimate of drug-likeness (QED) is 0.550. The van der Waals surface area contributed by atoms with Gasteiger partial charge in [-0.1, -0.05) is 50.2 Å². The molecule has 32 heavy (non-hydrogen) atoms. The van der Waals surface area contributed by atoms with Gasteiger partial charge in [0.2, 0.25) is 5.91 Å². The van der Waals surface area contributed by atoms with Gasteiger partial charge in [0.05, 0.1) is 17.7 Å². The van der Waals surface area contributed by atoms with Gasteiger partial charge in [-0.15, -0.1) is 11.3 Å². The zero-order valence-electron chi connectivity index (χ0n) is 18.8. The van der Waals surface area contributed by atoms with Gasteiger partial charge >= 0.3 is 0 Å². The predicted octanol–water partition coefficient (Wildman–Crippen LogP) is 5.08. The Morgan fingerprint density at radius 1 is 1.22 bits per heavy atom. The minimum Gasteiger partial charge on any atom is -0.352 e. The number of rotatable bonds is 5. The van der Waals surface area contributed by atoms with Crippen LogP contribution in [0.3, 0.4) is 0 Å². The number of nitriles is 1. The molecule has 3 aromatic rings. The Kier molecular flexibility index (Phi) is 6.57. The molecule has 0 saturated carbocycles. The van der Waals surface area contributed by atoms with Crippen molar-refractivity contribution in [3.8, 4) is 17.2 Å². The number of nitrogens with zero attached hydrogens (tertiary/aromatic N) is 4. The van der Waals surface area contributed by atoms with Crippen molar-refractivity contribution in [3.63, 3.8) is 0 Å². The Morgan fingerprint density at radius 2 is 2.00 bits per heavy atom. The van der Waals surface area contributed by atoms with E-state index in [1.807, 2.05) is 46.7 Å². The maximum Gasteiger partial charge on any atom is 0.228 e. The SMILES string of the molecule is CC(C)c1nc(N2CCN(C(=O)Cc3cccs3)C(C)C2)c(C#N)cc1-c1ccccc1. The zero-order chi connectivity index (χ0) is 22.7. The Labute approximate surface area is 193 Å². The monoisotopic (exact) mass is 444 g/mol. The van der Waals surface area contributed by atoms with E-state index in [9.17, 15) is 10.1 Å². The van der Waals surface area contributed by atoms with Crippen molar-refractivity contribution in [2.75, 3.05) is 24.5 Å². The summed E-state index contributed by atoms with van der Waals surface area (Å²) >= 11 is 1.62. The lowest BCUT2D eigenvalue weighted by molar-refractivity contribution is -0.132. The molecule has 2 aromatic heterocycles. The van der Waals surface area contributed by atoms with Gasteiger partial charge in [-0.3, -0.25) is 4.79 Å². The molecule has 3 heterocycles. The summed E-state index contributed by atoms with van der Waals surface area (Å²) in [6.45, 7) is 8.31. The molecule has 164 valence electrons. The molecule has 0 N–H and O–H groups in total. The Bertz CT molecular complexity index is 1120. The first kappa shape index (κ1) is 22.0. The number of anilines is 1. The first-order chi connectivity index (χ1) is 15.5. The van der Waals surface area contributed by atoms with Crippen LogP contribution < -0.4 is 4.90 Å². The van der Waals surface area contributed by atoms with E-state index in [-0.39, 0.29) is 17.9 Å². The summed E-state index contributed by atoms with van der Waals surface area (Å²) in [5.41, 5.74) is 3.66. The van der Waals surface area contributed by atoms with Crippen LogP contribution in [0, 0.1) is 11.3 Å². The standard InChI is InChI=1S/C26H28N4OS/c1-18(2)25-23(20-8-5-4-6-9-20)14-21(16-27)26(28-25)29-11-12-30(19(3)17-29)24(31)15-22-10-7-13-32-22/h4-10,13-14,18-19H,11-12,15,17H2,1-3H3. The highest BCUT2D eigenvalue weighted by Crippen LogP contribution is 2.33. The molecule has 1 saturated heterocycles. The van der Waals surface area contributed by atoms with Crippen LogP contribution >= 0.6 is 11.3 Å². The van der Waals surface area contributed by atoms with E-state index < -0.39 is 0 Å². The lowest BCUT2D eigenvalue weighted by Crippen LogP contribution is -2.54. The van der Waals surface area contributed by atoms with E-state index in [1.165, 1.54) is 0 Å². The van der Waals surface area contributed by atoms with Crippen molar-refractivity contribution >= 4 is 23.1 Å². The van der Waals surface area contributed by atoms with Crippen molar-refractivity contribution in [1.29, 1.82) is 5.26 Å². The number of benzene rings is 1. The molecule has 0 radical (unpaired) electrons. The summed E-state index contributed by atoms with van der Waals surface area (Å²) in [7, 11) is 0. The second-order valence-electron chi connectivity index (χ2n) is 8.56. The second-order valence-corrected chi connectivity index (χ2v) is 9.60. The Hall–Kier alpha value is -3.17. The van der Waals surface area contributed by atoms with E-state index in [0.29, 0.717) is 31.6 Å². The molecular weight excluding hydrogens is 416 g/mol. The van der Waals surface area contributed by atoms with Crippen molar-refractivity contribution < 1.29 is 4.79 Å². The number of amides is 1. The minimum absolute atomic E-state index is 0.0563. The number of thiophene rings is 1. The predicted molar refractivity (Wildman–Crippen MR) is 130 cm³/mol. The second kappa shape index (κ2) is 9.54. The number of pyridine rings is 1. The fourth-order valence-corrected chi connectivity index (χ4v) is 5.01. The zero-order valence-corrected chi connectivity index (χ0v) is 19.6. The van der Waals surface area contributed by atoms with Gasteiger partial charge in [0.1, 0.15) is 11.9 Å². The molecule has 0 bridgehead atoms. The molecule has 1 aliphatic rings. The van der Waals surface area contributed by atoms with Crippen LogP contribution in [-0.4, -0.2) is 41.5 Å². The van der Waals surface area contributed by atoms with Crippen LogP contribution in [0.5, 0.6) is 0 Å². The van der Waals surface area contributed by atoms with Crippen molar-refractivity contribution in [1.82, 2.24) is 9.88 Å². The van der Waals surface area contributed by atoms with Gasteiger partial charge in [-0.05, 0) is 35.9 Å². The number of aromatic nitrogens is 1. The molecule has 1 unspecified atom stereocenters. The molecule has 5 nitrogen and oxygen atoms in total. The van der Waals surface area contributed by atoms with Crippen molar-refractivity contribution in [2.45, 2.75) is 39.2 Å². The molecule has 1 atom stereocenters. The number of piperazine rings is 1. The van der Waals surface area contributed by atoms with Crippen LogP contribution in [0.25, 0.3) is 11.1 Å². The first-order valence-electron chi connectivity index (χ1n) is 11.0. The molecule has 6 heteroatoms. The van der Waals surface area contributed by atoms with Crippen LogP contribution in [0.1, 0.15) is 42.8 Å². The molecule has 4 rings (SSSR count). The molecule has 1 aliphatic heterocycles. The third kappa shape index (κ3) is 4.53. The summed E-state index contributed by atoms with van der Waals surface area (Å²) in [6, 6.07) is 18.5. The van der Waals surface area contributed by atoms with E-state index in [2.05, 4.69) is 43.9 Å². The third-order valence-electron chi connectivity index (χ3n) is 5.94. The maximum absolute atomic E-state index is 12.8. The molecule has 1 aromatic carbocycles. The van der Waals surface area contributed by atoms with E-state index in [0.717, 1.165) is 27.5 Å². The van der Waals surface area contributed by atoms with Gasteiger partial charge in [-0.2, -0.15) is 5.26 Å². The molecule has 0 aliphatic carbocycles. The van der Waals surface area contributed by atoms with Crippen LogP contribution in [0.2, 0.25) is 0 Å². The van der Waals surface area contributed by atoms with Crippen LogP contribution in [-0.2, 0) is 11.2 Å². The maximum atomic E-state index is 12.8. The molecule has 1 fully saturated rings. The highest BCUT2D eigenvalue weighted by atomic mass is 32.1. The summed E-state index contributed by atoms with van der Waals surface area (Å²) in [5, 5.41) is 11.9. The molecule has 1 amide bonds. The van der Waals surface area contributed by atoms with Gasteiger partial charge in [0.15, 0.2) is 0 Å². The summed E-state index contributed by atoms with van der Waals surface area (Å²) in [4.78, 5) is 23.1. The number of carbonyl (C=O) groups is 1. The van der Waals surface area contributed by atoms with Gasteiger partial charge < -0.3 is 9.80 Å². The van der Waals surface area contributed by atoms with Crippen LogP contribution in [0.4, 0.5) is 5.82 Å². The van der Waals surface area contributed by atoms with Gasteiger partial charge in [-0.25, -0.2) is 4.98 Å². The van der Waals surface area contributed by atoms with Crippen LogP contribution in [0.15, 0.2) is 53.9 Å². The fourth-order valence-electron chi connectivity index (χ4n) is 4.31. The summed E-state index contributed by atoms with van der Waals surface area (Å²) in [6.07, 6.45) is 0.451. The van der Waals surface area contributed by atoms with E-state index >= 15 is 0 Å². The number of carbonyl (C=O) groups excluding carboxylic acids is 1. The third-order valence-corrected chi connectivity index (χ3v) is 6.81. The highest BCUT2D eigenvalue weighted by Gasteiger charge is 2.30. The van der Waals surface area contributed by atoms with Crippen molar-refractivity contribution in [2.24, 2.45) is 0 Å². The average Bonchev–Trinajstić information content (AvgIpc) is 3.31. The van der Waals surface area contributed by atoms with E-state index in [4.69, 9.17) is 4.98 Å². The largest absolute Gasteiger partial charge is 0.352 e. The van der Waals surface area contributed by atoms with Gasteiger partial charge in [0.25, 0.3) is 0 Å². The first-order valence-corrected chi connectivity index (χ1v) is 11.9.